The maximum absolute atomic E-state index is 12.4. The first-order valence-electron chi connectivity index (χ1n) is 7.05. The number of nitrogen functional groups attached to an aromatic ring is 1. The Labute approximate surface area is 133 Å². The Kier molecular flexibility index (Phi) is 4.70. The SMILES string of the molecule is CC(C)(C)OC(=O)N1CCCCC1c1nc(N)ncc1Br. The molecule has 2 heterocycles. The van der Waals surface area contributed by atoms with Gasteiger partial charge < -0.3 is 10.5 Å². The molecule has 0 bridgehead atoms. The number of amides is 1. The van der Waals surface area contributed by atoms with Crippen LogP contribution < -0.4 is 5.73 Å². The van der Waals surface area contributed by atoms with Crippen molar-refractivity contribution in [2.24, 2.45) is 0 Å². The molecule has 1 aromatic rings. The molecule has 2 rings (SSSR count). The predicted octanol–water partition coefficient (Wildman–Crippen LogP) is 3.28. The van der Waals surface area contributed by atoms with Crippen LogP contribution in [0.4, 0.5) is 10.7 Å². The lowest BCUT2D eigenvalue weighted by Crippen LogP contribution is -2.42. The molecule has 1 aliphatic rings. The summed E-state index contributed by atoms with van der Waals surface area (Å²) in [4.78, 5) is 22.4. The quantitative estimate of drug-likeness (QED) is 0.834. The van der Waals surface area contributed by atoms with Crippen molar-refractivity contribution < 1.29 is 9.53 Å². The number of halogens is 1. The standard InChI is InChI=1S/C14H21BrN4O2/c1-14(2,3)21-13(20)19-7-5-4-6-10(19)11-9(15)8-17-12(16)18-11/h8,10H,4-7H2,1-3H3,(H2,16,17,18). The van der Waals surface area contributed by atoms with Gasteiger partial charge in [0.05, 0.1) is 16.2 Å². The molecule has 0 aliphatic carbocycles. The minimum Gasteiger partial charge on any atom is -0.444 e. The van der Waals surface area contributed by atoms with E-state index in [0.717, 1.165) is 29.4 Å². The monoisotopic (exact) mass is 356 g/mol. The number of nitrogens with two attached hydrogens (primary N) is 1. The number of ether oxygens (including phenoxy) is 1. The van der Waals surface area contributed by atoms with Crippen molar-refractivity contribution in [1.82, 2.24) is 14.9 Å². The van der Waals surface area contributed by atoms with E-state index in [0.29, 0.717) is 6.54 Å². The molecule has 2 N–H and O–H groups in total. The normalized spacial score (nSPS) is 19.4. The van der Waals surface area contributed by atoms with Crippen LogP contribution in [0, 0.1) is 0 Å². The lowest BCUT2D eigenvalue weighted by molar-refractivity contribution is 0.00891. The van der Waals surface area contributed by atoms with Gasteiger partial charge in [-0.25, -0.2) is 14.8 Å². The summed E-state index contributed by atoms with van der Waals surface area (Å²) in [6.07, 6.45) is 4.17. The smallest absolute Gasteiger partial charge is 0.410 e. The van der Waals surface area contributed by atoms with Gasteiger partial charge in [-0.15, -0.1) is 0 Å². The van der Waals surface area contributed by atoms with Gasteiger partial charge in [0.1, 0.15) is 5.60 Å². The first kappa shape index (κ1) is 16.0. The van der Waals surface area contributed by atoms with Crippen molar-refractivity contribution >= 4 is 28.0 Å². The highest BCUT2D eigenvalue weighted by Gasteiger charge is 2.33. The van der Waals surface area contributed by atoms with Gasteiger partial charge in [-0.2, -0.15) is 0 Å². The van der Waals surface area contributed by atoms with Gasteiger partial charge in [-0.3, -0.25) is 4.90 Å². The van der Waals surface area contributed by atoms with Crippen LogP contribution in [0.3, 0.4) is 0 Å². The summed E-state index contributed by atoms with van der Waals surface area (Å²) >= 11 is 3.44. The topological polar surface area (TPSA) is 81.3 Å². The highest BCUT2D eigenvalue weighted by atomic mass is 79.9. The van der Waals surface area contributed by atoms with Crippen molar-refractivity contribution in [3.05, 3.63) is 16.4 Å². The summed E-state index contributed by atoms with van der Waals surface area (Å²) in [5.41, 5.74) is 5.91. The van der Waals surface area contributed by atoms with Crippen LogP contribution in [0.1, 0.15) is 51.8 Å². The number of hydrogen-bond donors (Lipinski definition) is 1. The molecule has 0 saturated carbocycles. The Morgan fingerprint density at radius 3 is 2.86 bits per heavy atom. The molecule has 7 heteroatoms. The van der Waals surface area contributed by atoms with Crippen LogP contribution in [0.25, 0.3) is 0 Å². The third-order valence-corrected chi connectivity index (χ3v) is 3.85. The second kappa shape index (κ2) is 6.17. The number of carbonyl (C=O) groups is 1. The summed E-state index contributed by atoms with van der Waals surface area (Å²) in [6.45, 7) is 6.25. The fraction of sp³-hybridized carbons (Fsp3) is 0.643. The van der Waals surface area contributed by atoms with Gasteiger partial charge in [0.15, 0.2) is 0 Å². The van der Waals surface area contributed by atoms with E-state index >= 15 is 0 Å². The Bertz CT molecular complexity index is 530. The molecule has 116 valence electrons. The van der Waals surface area contributed by atoms with Crippen molar-refractivity contribution in [2.75, 3.05) is 12.3 Å². The van der Waals surface area contributed by atoms with Crippen LogP contribution in [-0.4, -0.2) is 33.1 Å². The van der Waals surface area contributed by atoms with Crippen LogP contribution in [0.5, 0.6) is 0 Å². The third-order valence-electron chi connectivity index (χ3n) is 3.24. The number of aromatic nitrogens is 2. The second-order valence-corrected chi connectivity index (χ2v) is 7.00. The Morgan fingerprint density at radius 1 is 1.48 bits per heavy atom. The van der Waals surface area contributed by atoms with Gasteiger partial charge in [0, 0.05) is 12.7 Å². The number of piperidine rings is 1. The molecule has 6 nitrogen and oxygen atoms in total. The fourth-order valence-electron chi connectivity index (χ4n) is 2.38. The zero-order chi connectivity index (χ0) is 15.6. The lowest BCUT2D eigenvalue weighted by Gasteiger charge is -2.36. The fourth-order valence-corrected chi connectivity index (χ4v) is 2.84. The van der Waals surface area contributed by atoms with Crippen LogP contribution in [0.15, 0.2) is 10.7 Å². The summed E-state index contributed by atoms with van der Waals surface area (Å²) in [7, 11) is 0. The maximum atomic E-state index is 12.4. The zero-order valence-corrected chi connectivity index (χ0v) is 14.2. The molecular formula is C14H21BrN4O2. The van der Waals surface area contributed by atoms with E-state index in [2.05, 4.69) is 25.9 Å². The molecule has 1 unspecified atom stereocenters. The molecule has 0 radical (unpaired) electrons. The number of nitrogens with zero attached hydrogens (tertiary/aromatic N) is 3. The van der Waals surface area contributed by atoms with Gasteiger partial charge >= 0.3 is 6.09 Å². The number of anilines is 1. The number of carbonyl (C=O) groups excluding carboxylic acids is 1. The first-order valence-corrected chi connectivity index (χ1v) is 7.85. The zero-order valence-electron chi connectivity index (χ0n) is 12.6. The minimum atomic E-state index is -0.513. The molecule has 0 spiro atoms. The molecule has 1 amide bonds. The molecule has 1 saturated heterocycles. The van der Waals surface area contributed by atoms with E-state index in [9.17, 15) is 4.79 Å². The van der Waals surface area contributed by atoms with Gasteiger partial charge in [0.2, 0.25) is 5.95 Å². The summed E-state index contributed by atoms with van der Waals surface area (Å²) in [6, 6.07) is -0.131. The van der Waals surface area contributed by atoms with E-state index < -0.39 is 5.60 Å². The Hall–Kier alpha value is -1.37. The molecule has 1 atom stereocenters. The second-order valence-electron chi connectivity index (χ2n) is 6.15. The van der Waals surface area contributed by atoms with Crippen LogP contribution in [-0.2, 0) is 4.74 Å². The summed E-state index contributed by atoms with van der Waals surface area (Å²) in [5.74, 6) is 0.211. The average molecular weight is 357 g/mol. The summed E-state index contributed by atoms with van der Waals surface area (Å²) in [5, 5.41) is 0. The Morgan fingerprint density at radius 2 is 2.19 bits per heavy atom. The maximum Gasteiger partial charge on any atom is 0.410 e. The molecule has 21 heavy (non-hydrogen) atoms. The molecule has 1 fully saturated rings. The molecule has 0 aromatic carbocycles. The van der Waals surface area contributed by atoms with Crippen molar-refractivity contribution in [3.63, 3.8) is 0 Å². The largest absolute Gasteiger partial charge is 0.444 e. The third kappa shape index (κ3) is 4.06. The highest BCUT2D eigenvalue weighted by Crippen LogP contribution is 2.34. The molecular weight excluding hydrogens is 336 g/mol. The van der Waals surface area contributed by atoms with Crippen molar-refractivity contribution in [3.8, 4) is 0 Å². The lowest BCUT2D eigenvalue weighted by atomic mass is 9.99. The van der Waals surface area contributed by atoms with Gasteiger partial charge in [-0.1, -0.05) is 0 Å². The van der Waals surface area contributed by atoms with E-state index in [4.69, 9.17) is 10.5 Å². The first-order chi connectivity index (χ1) is 9.78. The number of hydrogen-bond acceptors (Lipinski definition) is 5. The average Bonchev–Trinajstić information content (AvgIpc) is 2.39. The Balaban J connectivity index is 2.27. The van der Waals surface area contributed by atoms with Crippen LogP contribution in [0.2, 0.25) is 0 Å². The number of rotatable bonds is 1. The van der Waals surface area contributed by atoms with Gasteiger partial charge in [0.25, 0.3) is 0 Å². The van der Waals surface area contributed by atoms with Crippen LogP contribution >= 0.6 is 15.9 Å². The summed E-state index contributed by atoms with van der Waals surface area (Å²) < 4.78 is 6.26. The highest BCUT2D eigenvalue weighted by molar-refractivity contribution is 9.10. The van der Waals surface area contributed by atoms with Crippen molar-refractivity contribution in [1.29, 1.82) is 0 Å². The predicted molar refractivity (Wildman–Crippen MR) is 83.7 cm³/mol. The van der Waals surface area contributed by atoms with Gasteiger partial charge in [-0.05, 0) is 56.0 Å². The molecule has 1 aliphatic heterocycles. The van der Waals surface area contributed by atoms with Crippen molar-refractivity contribution in [2.45, 2.75) is 51.7 Å². The number of likely N-dealkylation sites (tertiary alicyclic amines) is 1. The molecule has 1 aromatic heterocycles. The minimum absolute atomic E-state index is 0.131. The van der Waals surface area contributed by atoms with E-state index in [-0.39, 0.29) is 18.1 Å². The van der Waals surface area contributed by atoms with E-state index in [1.807, 2.05) is 20.8 Å². The van der Waals surface area contributed by atoms with E-state index in [1.165, 1.54) is 0 Å². The van der Waals surface area contributed by atoms with E-state index in [1.54, 1.807) is 11.1 Å².